The summed E-state index contributed by atoms with van der Waals surface area (Å²) in [6, 6.07) is 8.40. The van der Waals surface area contributed by atoms with E-state index in [-0.39, 0.29) is 0 Å². The molecule has 4 atom stereocenters. The van der Waals surface area contributed by atoms with Crippen LogP contribution >= 0.6 is 0 Å². The summed E-state index contributed by atoms with van der Waals surface area (Å²) in [5, 5.41) is 29.7. The van der Waals surface area contributed by atoms with Crippen molar-refractivity contribution in [2.24, 2.45) is 5.92 Å². The van der Waals surface area contributed by atoms with Crippen LogP contribution in [-0.2, 0) is 0 Å². The molecule has 0 spiro atoms. The van der Waals surface area contributed by atoms with Crippen molar-refractivity contribution >= 4 is 0 Å². The van der Waals surface area contributed by atoms with Gasteiger partial charge in [0, 0.05) is 6.42 Å². The van der Waals surface area contributed by atoms with Gasteiger partial charge < -0.3 is 20.1 Å². The lowest BCUT2D eigenvalue weighted by molar-refractivity contribution is 0.0552. The van der Waals surface area contributed by atoms with Gasteiger partial charge in [0.1, 0.15) is 5.75 Å². The van der Waals surface area contributed by atoms with Crippen molar-refractivity contribution in [1.29, 1.82) is 0 Å². The summed E-state index contributed by atoms with van der Waals surface area (Å²) in [5.41, 5.74) is 3.19. The zero-order valence-electron chi connectivity index (χ0n) is 18.7. The van der Waals surface area contributed by atoms with Crippen LogP contribution < -0.4 is 4.74 Å². The lowest BCUT2D eigenvalue weighted by Gasteiger charge is -2.32. The van der Waals surface area contributed by atoms with Crippen molar-refractivity contribution in [2.45, 2.75) is 89.4 Å². The largest absolute Gasteiger partial charge is 0.493 e. The van der Waals surface area contributed by atoms with Crippen LogP contribution in [-0.4, -0.2) is 39.7 Å². The number of allylic oxidation sites excluding steroid dienone is 3. The average molecular weight is 415 g/mol. The highest BCUT2D eigenvalue weighted by Crippen LogP contribution is 2.41. The first-order valence-electron chi connectivity index (χ1n) is 11.4. The van der Waals surface area contributed by atoms with E-state index in [1.165, 1.54) is 24.0 Å². The smallest absolute Gasteiger partial charge is 0.119 e. The Morgan fingerprint density at radius 2 is 1.87 bits per heavy atom. The number of rotatable bonds is 6. The molecular weight excluding hydrogens is 376 g/mol. The Kier molecular flexibility index (Phi) is 7.78. The standard InChI is InChI=1S/C26H38O4/c1-18-20(11-10-19-14-22(27)17-23(28)15-19)6-5-9-25(18)21-7-4-8-24(16-21)30-13-12-26(2,3)29/h4,7-8,10-11,16,18,22-23,25,27-29H,5-6,9,12-15,17H2,1-3H3/b20-11+/t18-,22+,23+,25-/m0/s1. The second-order valence-corrected chi connectivity index (χ2v) is 9.79. The predicted molar refractivity (Wildman–Crippen MR) is 121 cm³/mol. The molecule has 0 saturated heterocycles. The maximum Gasteiger partial charge on any atom is 0.119 e. The molecule has 30 heavy (non-hydrogen) atoms. The molecule has 0 aromatic heterocycles. The van der Waals surface area contributed by atoms with Gasteiger partial charge in [0.2, 0.25) is 0 Å². The molecule has 166 valence electrons. The van der Waals surface area contributed by atoms with Crippen LogP contribution in [0.15, 0.2) is 47.6 Å². The lowest BCUT2D eigenvalue weighted by atomic mass is 9.73. The van der Waals surface area contributed by atoms with Gasteiger partial charge in [-0.1, -0.05) is 42.4 Å². The van der Waals surface area contributed by atoms with Crippen LogP contribution in [0.1, 0.15) is 77.2 Å². The van der Waals surface area contributed by atoms with Crippen LogP contribution in [0.4, 0.5) is 0 Å². The van der Waals surface area contributed by atoms with Crippen molar-refractivity contribution in [3.8, 4) is 5.75 Å². The summed E-state index contributed by atoms with van der Waals surface area (Å²) in [5.74, 6) is 1.77. The first kappa shape index (κ1) is 23.1. The van der Waals surface area contributed by atoms with Crippen molar-refractivity contribution in [2.75, 3.05) is 6.61 Å². The average Bonchev–Trinajstić information content (AvgIpc) is 2.66. The number of benzene rings is 1. The number of hydrogen-bond acceptors (Lipinski definition) is 4. The molecule has 2 fully saturated rings. The molecule has 3 N–H and O–H groups in total. The maximum absolute atomic E-state index is 9.91. The van der Waals surface area contributed by atoms with Crippen molar-refractivity contribution in [3.63, 3.8) is 0 Å². The van der Waals surface area contributed by atoms with Gasteiger partial charge in [-0.25, -0.2) is 0 Å². The molecular formula is C26H38O4. The molecule has 4 nitrogen and oxygen atoms in total. The summed E-state index contributed by atoms with van der Waals surface area (Å²) >= 11 is 0. The highest BCUT2D eigenvalue weighted by molar-refractivity contribution is 5.34. The molecule has 2 aliphatic carbocycles. The Morgan fingerprint density at radius 1 is 1.13 bits per heavy atom. The Labute approximate surface area is 181 Å². The van der Waals surface area contributed by atoms with E-state index < -0.39 is 17.8 Å². The van der Waals surface area contributed by atoms with Gasteiger partial charge >= 0.3 is 0 Å². The zero-order chi connectivity index (χ0) is 21.7. The fraction of sp³-hybridized carbons (Fsp3) is 0.615. The first-order valence-corrected chi connectivity index (χ1v) is 11.4. The van der Waals surface area contributed by atoms with Crippen molar-refractivity contribution < 1.29 is 20.1 Å². The van der Waals surface area contributed by atoms with Gasteiger partial charge in [0.25, 0.3) is 0 Å². The summed E-state index contributed by atoms with van der Waals surface area (Å²) in [6.45, 7) is 6.41. The van der Waals surface area contributed by atoms with E-state index in [4.69, 9.17) is 4.74 Å². The molecule has 0 amide bonds. The minimum atomic E-state index is -0.714. The molecule has 1 aromatic carbocycles. The first-order chi connectivity index (χ1) is 14.2. The summed E-state index contributed by atoms with van der Waals surface area (Å²) in [7, 11) is 0. The second kappa shape index (κ2) is 10.1. The molecule has 0 bridgehead atoms. The van der Waals surface area contributed by atoms with E-state index in [2.05, 4.69) is 37.3 Å². The summed E-state index contributed by atoms with van der Waals surface area (Å²) in [6.07, 6.45) is 9.39. The Balaban J connectivity index is 1.67. The molecule has 2 aliphatic rings. The molecule has 0 aliphatic heterocycles. The van der Waals surface area contributed by atoms with E-state index in [0.717, 1.165) is 17.7 Å². The van der Waals surface area contributed by atoms with Gasteiger partial charge in [-0.15, -0.1) is 0 Å². The van der Waals surface area contributed by atoms with Crippen LogP contribution in [0.3, 0.4) is 0 Å². The molecule has 4 heteroatoms. The van der Waals surface area contributed by atoms with Crippen LogP contribution in [0, 0.1) is 5.92 Å². The maximum atomic E-state index is 9.91. The quantitative estimate of drug-likeness (QED) is 0.620. The normalized spacial score (nSPS) is 29.1. The van der Waals surface area contributed by atoms with Crippen molar-refractivity contribution in [3.05, 3.63) is 53.1 Å². The third-order valence-corrected chi connectivity index (χ3v) is 6.51. The number of hydrogen-bond donors (Lipinski definition) is 3. The Morgan fingerprint density at radius 3 is 2.57 bits per heavy atom. The fourth-order valence-electron chi connectivity index (χ4n) is 4.74. The van der Waals surface area contributed by atoms with E-state index in [1.54, 1.807) is 13.8 Å². The van der Waals surface area contributed by atoms with Gasteiger partial charge in [-0.2, -0.15) is 0 Å². The highest BCUT2D eigenvalue weighted by Gasteiger charge is 2.27. The SMILES string of the molecule is C[C@H]1/C(=C/C=C2C[C@@H](O)C[C@H](O)C2)CCC[C@@H]1c1cccc(OCCC(C)(C)O)c1. The Bertz CT molecular complexity index is 747. The highest BCUT2D eigenvalue weighted by atomic mass is 16.5. The molecule has 2 saturated carbocycles. The minimum absolute atomic E-state index is 0.422. The van der Waals surface area contributed by atoms with E-state index in [1.807, 2.05) is 6.07 Å². The second-order valence-electron chi connectivity index (χ2n) is 9.79. The third kappa shape index (κ3) is 6.69. The van der Waals surface area contributed by atoms with Gasteiger partial charge in [-0.3, -0.25) is 0 Å². The molecule has 0 heterocycles. The monoisotopic (exact) mass is 414 g/mol. The summed E-state index contributed by atoms with van der Waals surface area (Å²) < 4.78 is 5.89. The van der Waals surface area contributed by atoms with E-state index in [9.17, 15) is 15.3 Å². The number of aliphatic hydroxyl groups excluding tert-OH is 2. The summed E-state index contributed by atoms with van der Waals surface area (Å²) in [4.78, 5) is 0. The van der Waals surface area contributed by atoms with E-state index in [0.29, 0.717) is 44.1 Å². The molecule has 0 unspecified atom stereocenters. The van der Waals surface area contributed by atoms with Crippen molar-refractivity contribution in [1.82, 2.24) is 0 Å². The van der Waals surface area contributed by atoms with Crippen LogP contribution in [0.25, 0.3) is 0 Å². The zero-order valence-corrected chi connectivity index (χ0v) is 18.7. The molecule has 1 aromatic rings. The number of ether oxygens (including phenoxy) is 1. The van der Waals surface area contributed by atoms with Crippen LogP contribution in [0.2, 0.25) is 0 Å². The predicted octanol–water partition coefficient (Wildman–Crippen LogP) is 4.89. The van der Waals surface area contributed by atoms with Crippen LogP contribution in [0.5, 0.6) is 5.75 Å². The fourth-order valence-corrected chi connectivity index (χ4v) is 4.74. The minimum Gasteiger partial charge on any atom is -0.493 e. The molecule has 0 radical (unpaired) electrons. The topological polar surface area (TPSA) is 69.9 Å². The van der Waals surface area contributed by atoms with E-state index >= 15 is 0 Å². The third-order valence-electron chi connectivity index (χ3n) is 6.51. The Hall–Kier alpha value is -1.62. The van der Waals surface area contributed by atoms with Gasteiger partial charge in [0.05, 0.1) is 24.4 Å². The number of aliphatic hydroxyl groups is 3. The van der Waals surface area contributed by atoms with Gasteiger partial charge in [-0.05, 0) is 81.9 Å². The molecule has 3 rings (SSSR count). The lowest BCUT2D eigenvalue weighted by Crippen LogP contribution is -2.24. The van der Waals surface area contributed by atoms with Gasteiger partial charge in [0.15, 0.2) is 0 Å².